The van der Waals surface area contributed by atoms with Crippen LogP contribution in [0.15, 0.2) is 29.2 Å². The summed E-state index contributed by atoms with van der Waals surface area (Å²) < 4.78 is 1.47. The number of fused-ring (bicyclic) bond motifs is 1. The molecule has 0 radical (unpaired) electrons. The fourth-order valence-electron chi connectivity index (χ4n) is 4.30. The molecule has 0 aliphatic heterocycles. The smallest absolute Gasteiger partial charge is 0.317 e. The van der Waals surface area contributed by atoms with Crippen LogP contribution in [-0.2, 0) is 22.7 Å². The highest BCUT2D eigenvalue weighted by molar-refractivity contribution is 6.31. The molecular formula is C26H37Cl2N7O4. The van der Waals surface area contributed by atoms with Gasteiger partial charge < -0.3 is 20.5 Å². The first-order chi connectivity index (χ1) is 18.8. The summed E-state index contributed by atoms with van der Waals surface area (Å²) in [5.41, 5.74) is 1.45. The van der Waals surface area contributed by atoms with E-state index in [-0.39, 0.29) is 29.1 Å². The molecule has 2 aromatic heterocycles. The lowest BCUT2D eigenvalue weighted by atomic mass is 10.1. The lowest BCUT2D eigenvalue weighted by Gasteiger charge is -2.29. The van der Waals surface area contributed by atoms with Gasteiger partial charge in [0.25, 0.3) is 5.56 Å². The standard InChI is InChI=1S/C25H35Cl2N7O3.CH2O/c1-3-5-11-33(16-23(35)36)18(4-2)8-9-29-24-25(37)34(22(27)15-30-24)12-10-28-14-21-19-13-17(26)6-7-20(19)31-32-21;1-2/h6-7,13,15,18,28H,3-5,8-12,14,16H2,1-2H3,(H,29,30)(H,31,32)(H,35,36);1H2. The number of H-pyrrole nitrogens is 1. The maximum atomic E-state index is 13.0. The Morgan fingerprint density at radius 3 is 2.72 bits per heavy atom. The molecule has 1 atom stereocenters. The van der Waals surface area contributed by atoms with Gasteiger partial charge in [0.2, 0.25) is 0 Å². The first-order valence-corrected chi connectivity index (χ1v) is 13.7. The largest absolute Gasteiger partial charge is 0.480 e. The molecule has 2 heterocycles. The molecule has 0 aliphatic carbocycles. The molecule has 0 amide bonds. The zero-order chi connectivity index (χ0) is 28.8. The predicted molar refractivity (Wildman–Crippen MR) is 155 cm³/mol. The minimum absolute atomic E-state index is 0.0128. The van der Waals surface area contributed by atoms with Crippen LogP contribution < -0.4 is 16.2 Å². The molecule has 0 bridgehead atoms. The Balaban J connectivity index is 0.00000260. The van der Waals surface area contributed by atoms with Crippen molar-refractivity contribution >= 4 is 52.7 Å². The van der Waals surface area contributed by atoms with E-state index in [1.165, 1.54) is 10.8 Å². The fourth-order valence-corrected chi connectivity index (χ4v) is 4.68. The Morgan fingerprint density at radius 1 is 1.26 bits per heavy atom. The number of benzene rings is 1. The third kappa shape index (κ3) is 9.61. The highest BCUT2D eigenvalue weighted by atomic mass is 35.5. The third-order valence-corrected chi connectivity index (χ3v) is 6.85. The van der Waals surface area contributed by atoms with Gasteiger partial charge in [0.1, 0.15) is 11.9 Å². The van der Waals surface area contributed by atoms with Crippen LogP contribution in [0.25, 0.3) is 10.9 Å². The molecule has 214 valence electrons. The minimum Gasteiger partial charge on any atom is -0.480 e. The minimum atomic E-state index is -0.831. The number of carboxylic acids is 1. The fraction of sp³-hybridized carbons (Fsp3) is 0.500. The number of halogens is 2. The van der Waals surface area contributed by atoms with Crippen LogP contribution in [0.2, 0.25) is 10.2 Å². The summed E-state index contributed by atoms with van der Waals surface area (Å²) in [5, 5.41) is 24.9. The zero-order valence-corrected chi connectivity index (χ0v) is 23.9. The lowest BCUT2D eigenvalue weighted by Crippen LogP contribution is -2.40. The van der Waals surface area contributed by atoms with Gasteiger partial charge in [0, 0.05) is 42.6 Å². The maximum absolute atomic E-state index is 13.0. The van der Waals surface area contributed by atoms with Gasteiger partial charge in [0.05, 0.1) is 24.0 Å². The van der Waals surface area contributed by atoms with Gasteiger partial charge in [-0.25, -0.2) is 4.98 Å². The van der Waals surface area contributed by atoms with Crippen molar-refractivity contribution in [1.82, 2.24) is 30.0 Å². The van der Waals surface area contributed by atoms with Gasteiger partial charge >= 0.3 is 5.97 Å². The van der Waals surface area contributed by atoms with Crippen molar-refractivity contribution in [1.29, 1.82) is 0 Å². The Kier molecular flexibility index (Phi) is 13.9. The topological polar surface area (TPSA) is 145 Å². The van der Waals surface area contributed by atoms with E-state index in [9.17, 15) is 14.7 Å². The van der Waals surface area contributed by atoms with Crippen molar-refractivity contribution in [3.05, 3.63) is 50.6 Å². The molecule has 0 saturated heterocycles. The average Bonchev–Trinajstić information content (AvgIpc) is 3.32. The summed E-state index contributed by atoms with van der Waals surface area (Å²) >= 11 is 12.4. The number of carbonyl (C=O) groups excluding carboxylic acids is 1. The van der Waals surface area contributed by atoms with Crippen molar-refractivity contribution in [3.8, 4) is 0 Å². The van der Waals surface area contributed by atoms with Crippen molar-refractivity contribution in [2.45, 2.75) is 58.7 Å². The number of carboxylic acid groups (broad SMARTS) is 1. The normalized spacial score (nSPS) is 11.8. The number of hydrogen-bond donors (Lipinski definition) is 4. The second-order valence-electron chi connectivity index (χ2n) is 8.92. The van der Waals surface area contributed by atoms with E-state index in [4.69, 9.17) is 28.0 Å². The molecule has 4 N–H and O–H groups in total. The Labute approximate surface area is 237 Å². The van der Waals surface area contributed by atoms with Gasteiger partial charge in [-0.05, 0) is 44.0 Å². The van der Waals surface area contributed by atoms with Crippen molar-refractivity contribution in [3.63, 3.8) is 0 Å². The molecule has 11 nitrogen and oxygen atoms in total. The SMILES string of the molecule is C=O.CCCCN(CC(=O)O)C(CC)CCNc1ncc(Cl)n(CCNCc2[nH]nc3ccc(Cl)cc23)c1=O. The first kappa shape index (κ1) is 32.2. The number of aromatic amines is 1. The quantitative estimate of drug-likeness (QED) is 0.185. The van der Waals surface area contributed by atoms with Crippen LogP contribution >= 0.6 is 23.2 Å². The molecule has 13 heteroatoms. The van der Waals surface area contributed by atoms with Crippen molar-refractivity contribution in [2.75, 3.05) is 31.5 Å². The van der Waals surface area contributed by atoms with E-state index in [2.05, 4.69) is 32.7 Å². The summed E-state index contributed by atoms with van der Waals surface area (Å²) in [7, 11) is 0. The van der Waals surface area contributed by atoms with Crippen LogP contribution in [0.4, 0.5) is 5.82 Å². The number of aliphatic carboxylic acids is 1. The van der Waals surface area contributed by atoms with Gasteiger partial charge in [-0.3, -0.25) is 24.2 Å². The maximum Gasteiger partial charge on any atom is 0.317 e. The molecule has 0 spiro atoms. The van der Waals surface area contributed by atoms with Gasteiger partial charge in [-0.2, -0.15) is 5.10 Å². The van der Waals surface area contributed by atoms with E-state index in [0.717, 1.165) is 42.4 Å². The van der Waals surface area contributed by atoms with Gasteiger partial charge in [-0.15, -0.1) is 0 Å². The zero-order valence-electron chi connectivity index (χ0n) is 22.4. The van der Waals surface area contributed by atoms with Crippen LogP contribution in [0.5, 0.6) is 0 Å². The highest BCUT2D eigenvalue weighted by Gasteiger charge is 2.19. The first-order valence-electron chi connectivity index (χ1n) is 12.9. The monoisotopic (exact) mass is 581 g/mol. The number of nitrogens with one attached hydrogen (secondary N) is 3. The summed E-state index contributed by atoms with van der Waals surface area (Å²) in [6, 6.07) is 5.63. The molecule has 0 aliphatic rings. The Morgan fingerprint density at radius 2 is 2.03 bits per heavy atom. The summed E-state index contributed by atoms with van der Waals surface area (Å²) in [5.74, 6) is -0.602. The third-order valence-electron chi connectivity index (χ3n) is 6.31. The molecule has 39 heavy (non-hydrogen) atoms. The van der Waals surface area contributed by atoms with E-state index in [0.29, 0.717) is 37.6 Å². The number of nitrogens with zero attached hydrogens (tertiary/aromatic N) is 4. The van der Waals surface area contributed by atoms with Crippen LogP contribution in [-0.4, -0.2) is 74.7 Å². The molecule has 3 rings (SSSR count). The van der Waals surface area contributed by atoms with Crippen LogP contribution in [0.3, 0.4) is 0 Å². The average molecular weight is 583 g/mol. The summed E-state index contributed by atoms with van der Waals surface area (Å²) in [4.78, 5) is 38.5. The van der Waals surface area contributed by atoms with E-state index >= 15 is 0 Å². The molecule has 3 aromatic rings. The van der Waals surface area contributed by atoms with Gasteiger partial charge in [-0.1, -0.05) is 43.5 Å². The number of unbranched alkanes of at least 4 members (excludes halogenated alkanes) is 1. The van der Waals surface area contributed by atoms with E-state index < -0.39 is 5.97 Å². The predicted octanol–water partition coefficient (Wildman–Crippen LogP) is 3.80. The number of carbonyl (C=O) groups is 2. The lowest BCUT2D eigenvalue weighted by molar-refractivity contribution is -0.139. The van der Waals surface area contributed by atoms with Crippen molar-refractivity contribution in [2.24, 2.45) is 0 Å². The second kappa shape index (κ2) is 16.9. The number of aromatic nitrogens is 4. The van der Waals surface area contributed by atoms with E-state index in [1.807, 2.05) is 30.7 Å². The van der Waals surface area contributed by atoms with E-state index in [1.54, 1.807) is 6.07 Å². The van der Waals surface area contributed by atoms with Gasteiger partial charge in [0.15, 0.2) is 5.82 Å². The summed E-state index contributed by atoms with van der Waals surface area (Å²) in [6.07, 6.45) is 4.92. The molecule has 1 aromatic carbocycles. The second-order valence-corrected chi connectivity index (χ2v) is 9.75. The Hall–Kier alpha value is -2.99. The summed E-state index contributed by atoms with van der Waals surface area (Å²) in [6.45, 7) is 8.78. The van der Waals surface area contributed by atoms with Crippen LogP contribution in [0, 0.1) is 0 Å². The molecular weight excluding hydrogens is 545 g/mol. The molecule has 1 unspecified atom stereocenters. The molecule has 0 saturated carbocycles. The number of anilines is 1. The van der Waals surface area contributed by atoms with Crippen LogP contribution in [0.1, 0.15) is 45.2 Å². The Bertz CT molecular complexity index is 1250. The number of hydrogen-bond acceptors (Lipinski definition) is 8. The number of rotatable bonds is 16. The molecule has 0 fully saturated rings. The van der Waals surface area contributed by atoms with Crippen molar-refractivity contribution < 1.29 is 14.7 Å². The highest BCUT2D eigenvalue weighted by Crippen LogP contribution is 2.20.